The van der Waals surface area contributed by atoms with E-state index in [0.717, 1.165) is 17.2 Å². The van der Waals surface area contributed by atoms with Crippen molar-refractivity contribution in [3.63, 3.8) is 0 Å². The molecule has 0 atom stereocenters. The van der Waals surface area contributed by atoms with Crippen LogP contribution in [0, 0.1) is 0 Å². The van der Waals surface area contributed by atoms with Crippen molar-refractivity contribution >= 4 is 10.9 Å². The summed E-state index contributed by atoms with van der Waals surface area (Å²) in [5, 5.41) is 0. The van der Waals surface area contributed by atoms with Crippen molar-refractivity contribution in [3.8, 4) is 17.2 Å². The van der Waals surface area contributed by atoms with Crippen LogP contribution < -0.4 is 14.2 Å². The van der Waals surface area contributed by atoms with Gasteiger partial charge >= 0.3 is 0 Å². The Hall–Kier alpha value is -2.59. The van der Waals surface area contributed by atoms with E-state index >= 15 is 0 Å². The summed E-state index contributed by atoms with van der Waals surface area (Å²) in [4.78, 5) is 3.73. The van der Waals surface area contributed by atoms with Gasteiger partial charge in [0, 0.05) is 0 Å². The number of benzene rings is 3. The van der Waals surface area contributed by atoms with E-state index in [1.54, 1.807) is 0 Å². The minimum atomic E-state index is -0.244. The fraction of sp³-hybridized carbons (Fsp3) is 0.333. The highest BCUT2D eigenvalue weighted by atomic mass is 32.2. The van der Waals surface area contributed by atoms with Gasteiger partial charge in [0.05, 0.1) is 29.2 Å². The van der Waals surface area contributed by atoms with Gasteiger partial charge in [0.25, 0.3) is 0 Å². The van der Waals surface area contributed by atoms with Crippen LogP contribution in [0.25, 0.3) is 0 Å². The van der Waals surface area contributed by atoms with Gasteiger partial charge in [-0.2, -0.15) is 0 Å². The molecule has 0 heterocycles. The van der Waals surface area contributed by atoms with Crippen molar-refractivity contribution in [1.29, 1.82) is 0 Å². The van der Waals surface area contributed by atoms with Gasteiger partial charge in [0.15, 0.2) is 14.7 Å². The summed E-state index contributed by atoms with van der Waals surface area (Å²) < 4.78 is 17.5. The maximum Gasteiger partial charge on any atom is 0.166 e. The third-order valence-corrected chi connectivity index (χ3v) is 6.52. The molecule has 0 amide bonds. The molecule has 0 spiro atoms. The van der Waals surface area contributed by atoms with Crippen LogP contribution in [-0.2, 0) is 10.9 Å². The Bertz CT molecular complexity index is 803. The first-order chi connectivity index (χ1) is 14.8. The highest BCUT2D eigenvalue weighted by molar-refractivity contribution is 7.97. The normalized spacial score (nSPS) is 11.4. The first-order valence-corrected chi connectivity index (χ1v) is 12.1. The Morgan fingerprint density at radius 2 is 0.645 bits per heavy atom. The summed E-state index contributed by atoms with van der Waals surface area (Å²) in [6.07, 6.45) is 0.475. The molecule has 0 aliphatic rings. The molecule has 0 bridgehead atoms. The van der Waals surface area contributed by atoms with Crippen LogP contribution in [0.3, 0.4) is 0 Å². The summed E-state index contributed by atoms with van der Waals surface area (Å²) in [5.74, 6) is 2.68. The summed E-state index contributed by atoms with van der Waals surface area (Å²) in [6.45, 7) is 12.3. The Morgan fingerprint density at radius 3 is 0.839 bits per heavy atom. The monoisotopic (exact) mass is 437 g/mol. The van der Waals surface area contributed by atoms with E-state index in [4.69, 9.17) is 14.2 Å². The molecule has 3 rings (SSSR count). The zero-order chi connectivity index (χ0) is 22.4. The topological polar surface area (TPSA) is 27.7 Å². The van der Waals surface area contributed by atoms with Crippen LogP contribution in [0.1, 0.15) is 41.5 Å². The van der Waals surface area contributed by atoms with Gasteiger partial charge in [0.1, 0.15) is 17.2 Å². The van der Waals surface area contributed by atoms with Gasteiger partial charge in [-0.3, -0.25) is 0 Å². The van der Waals surface area contributed by atoms with E-state index < -0.39 is 0 Å². The number of rotatable bonds is 9. The molecule has 0 N–H and O–H groups in total. The second-order valence-corrected chi connectivity index (χ2v) is 10.2. The third kappa shape index (κ3) is 6.70. The SMILES string of the molecule is CC(C)Oc1ccc([S+](c2ccc(OC(C)C)cc2)c2ccc(OC(C)C)cc2)cc1. The first-order valence-electron chi connectivity index (χ1n) is 10.9. The van der Waals surface area contributed by atoms with Crippen molar-refractivity contribution in [3.05, 3.63) is 72.8 Å². The van der Waals surface area contributed by atoms with Crippen molar-refractivity contribution < 1.29 is 14.2 Å². The van der Waals surface area contributed by atoms with Gasteiger partial charge < -0.3 is 14.2 Å². The fourth-order valence-electron chi connectivity index (χ4n) is 3.19. The van der Waals surface area contributed by atoms with Gasteiger partial charge in [0.2, 0.25) is 0 Å². The molecule has 4 heteroatoms. The highest BCUT2D eigenvalue weighted by Gasteiger charge is 2.29. The standard InChI is InChI=1S/C27H33O3S/c1-19(2)28-22-7-13-25(14-8-22)31(26-15-9-23(10-16-26)29-20(3)4)27-17-11-24(12-18-27)30-21(5)6/h7-21H,1-6H3/q+1. The summed E-state index contributed by atoms with van der Waals surface area (Å²) in [7, 11) is -0.244. The lowest BCUT2D eigenvalue weighted by Gasteiger charge is -2.13. The molecule has 0 saturated heterocycles. The average molecular weight is 438 g/mol. The summed E-state index contributed by atoms with van der Waals surface area (Å²) in [5.41, 5.74) is 0. The van der Waals surface area contributed by atoms with Crippen LogP contribution in [0.4, 0.5) is 0 Å². The maximum absolute atomic E-state index is 5.84. The van der Waals surface area contributed by atoms with Gasteiger partial charge in [-0.1, -0.05) is 0 Å². The molecule has 0 unspecified atom stereocenters. The lowest BCUT2D eigenvalue weighted by Crippen LogP contribution is -2.08. The van der Waals surface area contributed by atoms with Crippen molar-refractivity contribution in [2.24, 2.45) is 0 Å². The second kappa shape index (κ2) is 10.6. The quantitative estimate of drug-likeness (QED) is 0.333. The molecule has 0 fully saturated rings. The molecule has 3 aromatic rings. The fourth-order valence-corrected chi connectivity index (χ4v) is 5.23. The van der Waals surface area contributed by atoms with E-state index in [0.29, 0.717) is 0 Å². The van der Waals surface area contributed by atoms with Crippen LogP contribution in [0.5, 0.6) is 17.2 Å². The van der Waals surface area contributed by atoms with E-state index in [1.807, 2.05) is 41.5 Å². The summed E-state index contributed by atoms with van der Waals surface area (Å²) in [6, 6.07) is 25.3. The largest absolute Gasteiger partial charge is 0.491 e. The van der Waals surface area contributed by atoms with Crippen LogP contribution >= 0.6 is 0 Å². The Kier molecular flexibility index (Phi) is 7.91. The zero-order valence-electron chi connectivity index (χ0n) is 19.3. The molecular weight excluding hydrogens is 404 g/mol. The maximum atomic E-state index is 5.84. The first kappa shape index (κ1) is 23.1. The van der Waals surface area contributed by atoms with Gasteiger partial charge in [-0.05, 0) is 114 Å². The Labute approximate surface area is 189 Å². The molecule has 0 aromatic heterocycles. The van der Waals surface area contributed by atoms with Crippen molar-refractivity contribution in [2.45, 2.75) is 74.5 Å². The van der Waals surface area contributed by atoms with E-state index in [2.05, 4.69) is 72.8 Å². The number of ether oxygens (including phenoxy) is 3. The minimum absolute atomic E-state index is 0.158. The molecule has 0 aliphatic heterocycles. The predicted molar refractivity (Wildman–Crippen MR) is 129 cm³/mol. The molecule has 3 aromatic carbocycles. The molecule has 164 valence electrons. The van der Waals surface area contributed by atoms with E-state index in [1.165, 1.54) is 14.7 Å². The number of hydrogen-bond acceptors (Lipinski definition) is 3. The third-order valence-electron chi connectivity index (χ3n) is 4.29. The molecular formula is C27H33O3S+. The highest BCUT2D eigenvalue weighted by Crippen LogP contribution is 2.34. The predicted octanol–water partition coefficient (Wildman–Crippen LogP) is 7.14. The van der Waals surface area contributed by atoms with E-state index in [9.17, 15) is 0 Å². The van der Waals surface area contributed by atoms with Crippen molar-refractivity contribution in [2.75, 3.05) is 0 Å². The summed E-state index contributed by atoms with van der Waals surface area (Å²) >= 11 is 0. The smallest absolute Gasteiger partial charge is 0.166 e. The van der Waals surface area contributed by atoms with Crippen LogP contribution in [-0.4, -0.2) is 18.3 Å². The minimum Gasteiger partial charge on any atom is -0.491 e. The Morgan fingerprint density at radius 1 is 0.419 bits per heavy atom. The van der Waals surface area contributed by atoms with Gasteiger partial charge in [-0.15, -0.1) is 0 Å². The molecule has 3 nitrogen and oxygen atoms in total. The second-order valence-electron chi connectivity index (χ2n) is 8.22. The number of hydrogen-bond donors (Lipinski definition) is 0. The molecule has 0 radical (unpaired) electrons. The van der Waals surface area contributed by atoms with E-state index in [-0.39, 0.29) is 29.2 Å². The lowest BCUT2D eigenvalue weighted by atomic mass is 10.3. The lowest BCUT2D eigenvalue weighted by molar-refractivity contribution is 0.242. The van der Waals surface area contributed by atoms with Gasteiger partial charge in [-0.25, -0.2) is 0 Å². The zero-order valence-corrected chi connectivity index (χ0v) is 20.1. The molecule has 31 heavy (non-hydrogen) atoms. The molecule has 0 saturated carbocycles. The average Bonchev–Trinajstić information content (AvgIpc) is 2.71. The van der Waals surface area contributed by atoms with Crippen LogP contribution in [0.2, 0.25) is 0 Å². The molecule has 0 aliphatic carbocycles. The van der Waals surface area contributed by atoms with Crippen molar-refractivity contribution in [1.82, 2.24) is 0 Å². The Balaban J connectivity index is 1.95. The van der Waals surface area contributed by atoms with Crippen LogP contribution in [0.15, 0.2) is 87.5 Å².